The number of carbonyl (C=O) groups is 2. The predicted molar refractivity (Wildman–Crippen MR) is 137 cm³/mol. The highest BCUT2D eigenvalue weighted by atomic mass is 79.9. The van der Waals surface area contributed by atoms with Crippen LogP contribution in [0.5, 0.6) is 0 Å². The van der Waals surface area contributed by atoms with Gasteiger partial charge in [0, 0.05) is 10.9 Å². The van der Waals surface area contributed by atoms with Crippen molar-refractivity contribution in [3.63, 3.8) is 0 Å². The molecule has 4 rings (SSSR count). The van der Waals surface area contributed by atoms with E-state index in [1.54, 1.807) is 6.07 Å². The molecule has 0 spiro atoms. The molecule has 3 aromatic heterocycles. The van der Waals surface area contributed by atoms with Gasteiger partial charge in [0.25, 0.3) is 0 Å². The third-order valence-electron chi connectivity index (χ3n) is 5.28. The molecule has 0 saturated carbocycles. The molecule has 1 N–H and O–H groups in total. The fourth-order valence-electron chi connectivity index (χ4n) is 3.88. The molecule has 0 atom stereocenters. The van der Waals surface area contributed by atoms with Crippen LogP contribution in [0.1, 0.15) is 67.4 Å². The summed E-state index contributed by atoms with van der Waals surface area (Å²) in [7, 11) is 0. The van der Waals surface area contributed by atoms with Crippen molar-refractivity contribution in [3.05, 3.63) is 32.8 Å². The molecule has 182 valence electrons. The molecule has 3 heterocycles. The molecule has 1 amide bonds. The van der Waals surface area contributed by atoms with Gasteiger partial charge in [0.05, 0.1) is 17.4 Å². The molecule has 34 heavy (non-hydrogen) atoms. The molecule has 0 radical (unpaired) electrons. The SMILES string of the molecule is CC(C)OC(=O)c1c(NC(=O)CSc2nnc(-c3ccc(Br)o3)n2C(C)C)sc2c1CCCC2. The standard InChI is InChI=1S/C23H27BrN4O4S2/c1-12(2)28-20(15-9-10-17(24)32-15)26-27-23(28)33-11-18(29)25-21-19(22(30)31-13(3)4)14-7-5-6-8-16(14)34-21/h9-10,12-13H,5-8,11H2,1-4H3,(H,25,29). The summed E-state index contributed by atoms with van der Waals surface area (Å²) in [6.45, 7) is 7.70. The van der Waals surface area contributed by atoms with Gasteiger partial charge in [-0.2, -0.15) is 0 Å². The Morgan fingerprint density at radius 1 is 1.24 bits per heavy atom. The van der Waals surface area contributed by atoms with Crippen LogP contribution in [0.25, 0.3) is 11.6 Å². The van der Waals surface area contributed by atoms with Crippen LogP contribution in [0.3, 0.4) is 0 Å². The number of aryl methyl sites for hydroxylation is 1. The second-order valence-corrected chi connectivity index (χ2v) is 11.4. The fourth-order valence-corrected chi connectivity index (χ4v) is 6.35. The number of anilines is 1. The van der Waals surface area contributed by atoms with Gasteiger partial charge in [0.1, 0.15) is 5.00 Å². The maximum absolute atomic E-state index is 12.9. The summed E-state index contributed by atoms with van der Waals surface area (Å²) in [6, 6.07) is 3.70. The highest BCUT2D eigenvalue weighted by Crippen LogP contribution is 2.39. The largest absolute Gasteiger partial charge is 0.459 e. The van der Waals surface area contributed by atoms with Gasteiger partial charge in [0.2, 0.25) is 11.7 Å². The maximum Gasteiger partial charge on any atom is 0.341 e. The average molecular weight is 568 g/mol. The number of nitrogens with zero attached hydrogens (tertiary/aromatic N) is 3. The number of aromatic nitrogens is 3. The van der Waals surface area contributed by atoms with Crippen LogP contribution in [-0.4, -0.2) is 38.5 Å². The lowest BCUT2D eigenvalue weighted by Gasteiger charge is -2.14. The second-order valence-electron chi connectivity index (χ2n) is 8.58. The minimum atomic E-state index is -0.369. The molecule has 8 nitrogen and oxygen atoms in total. The summed E-state index contributed by atoms with van der Waals surface area (Å²) in [5.74, 6) is 0.762. The number of esters is 1. The number of amides is 1. The Morgan fingerprint density at radius 3 is 2.68 bits per heavy atom. The van der Waals surface area contributed by atoms with E-state index in [4.69, 9.17) is 9.15 Å². The van der Waals surface area contributed by atoms with Crippen LogP contribution < -0.4 is 5.32 Å². The van der Waals surface area contributed by atoms with Gasteiger partial charge in [-0.15, -0.1) is 21.5 Å². The van der Waals surface area contributed by atoms with E-state index in [0.717, 1.165) is 31.2 Å². The maximum atomic E-state index is 12.9. The number of furan rings is 1. The Hall–Kier alpha value is -2.11. The molecule has 1 aliphatic rings. The lowest BCUT2D eigenvalue weighted by Crippen LogP contribution is -2.19. The normalized spacial score (nSPS) is 13.4. The van der Waals surface area contributed by atoms with E-state index >= 15 is 0 Å². The summed E-state index contributed by atoms with van der Waals surface area (Å²) in [6.07, 6.45) is 3.67. The van der Waals surface area contributed by atoms with E-state index in [1.165, 1.54) is 28.0 Å². The van der Waals surface area contributed by atoms with E-state index < -0.39 is 0 Å². The molecule has 1 aliphatic carbocycles. The minimum absolute atomic E-state index is 0.0702. The van der Waals surface area contributed by atoms with Gasteiger partial charge >= 0.3 is 5.97 Å². The molecule has 0 unspecified atom stereocenters. The van der Waals surface area contributed by atoms with E-state index in [2.05, 4.69) is 31.4 Å². The Bertz CT molecular complexity index is 1200. The molecule has 0 fully saturated rings. The first-order chi connectivity index (χ1) is 16.2. The monoisotopic (exact) mass is 566 g/mol. The summed E-state index contributed by atoms with van der Waals surface area (Å²) in [5, 5.41) is 12.7. The summed E-state index contributed by atoms with van der Waals surface area (Å²) < 4.78 is 13.7. The number of halogens is 1. The van der Waals surface area contributed by atoms with Crippen molar-refractivity contribution in [1.82, 2.24) is 14.8 Å². The van der Waals surface area contributed by atoms with Gasteiger partial charge in [0.15, 0.2) is 15.6 Å². The van der Waals surface area contributed by atoms with Gasteiger partial charge < -0.3 is 14.5 Å². The summed E-state index contributed by atoms with van der Waals surface area (Å²) >= 11 is 6.10. The van der Waals surface area contributed by atoms with Crippen molar-refractivity contribution in [2.24, 2.45) is 0 Å². The quantitative estimate of drug-likeness (QED) is 0.259. The zero-order valence-corrected chi connectivity index (χ0v) is 22.7. The van der Waals surface area contributed by atoms with Crippen molar-refractivity contribution in [3.8, 4) is 11.6 Å². The van der Waals surface area contributed by atoms with E-state index in [-0.39, 0.29) is 29.8 Å². The van der Waals surface area contributed by atoms with Crippen molar-refractivity contribution in [2.45, 2.75) is 70.7 Å². The van der Waals surface area contributed by atoms with E-state index in [0.29, 0.717) is 32.0 Å². The number of nitrogens with one attached hydrogen (secondary N) is 1. The van der Waals surface area contributed by atoms with Gasteiger partial charge in [-0.05, 0) is 87.0 Å². The average Bonchev–Trinajstić information content (AvgIpc) is 3.47. The Balaban J connectivity index is 1.50. The van der Waals surface area contributed by atoms with Crippen LogP contribution in [-0.2, 0) is 22.4 Å². The number of thioether (sulfide) groups is 1. The van der Waals surface area contributed by atoms with E-state index in [1.807, 2.05) is 38.3 Å². The third kappa shape index (κ3) is 5.41. The number of hydrogen-bond donors (Lipinski definition) is 1. The first kappa shape index (κ1) is 25.0. The molecule has 0 saturated heterocycles. The van der Waals surface area contributed by atoms with Gasteiger partial charge in [-0.25, -0.2) is 4.79 Å². The Morgan fingerprint density at radius 2 is 2.00 bits per heavy atom. The third-order valence-corrected chi connectivity index (χ3v) is 7.85. The highest BCUT2D eigenvalue weighted by molar-refractivity contribution is 9.10. The Labute approximate surface area is 215 Å². The lowest BCUT2D eigenvalue weighted by atomic mass is 9.95. The van der Waals surface area contributed by atoms with Crippen molar-refractivity contribution in [2.75, 3.05) is 11.1 Å². The molecular weight excluding hydrogens is 540 g/mol. The minimum Gasteiger partial charge on any atom is -0.459 e. The molecule has 0 aromatic carbocycles. The zero-order valence-electron chi connectivity index (χ0n) is 19.5. The molecule has 11 heteroatoms. The van der Waals surface area contributed by atoms with Crippen molar-refractivity contribution < 1.29 is 18.7 Å². The van der Waals surface area contributed by atoms with Gasteiger partial charge in [-0.1, -0.05) is 11.8 Å². The highest BCUT2D eigenvalue weighted by Gasteiger charge is 2.28. The molecular formula is C23H27BrN4O4S2. The number of rotatable bonds is 8. The van der Waals surface area contributed by atoms with Crippen LogP contribution in [0, 0.1) is 0 Å². The predicted octanol–water partition coefficient (Wildman–Crippen LogP) is 6.12. The molecule has 0 bridgehead atoms. The Kier molecular flexibility index (Phi) is 7.83. The number of thiophene rings is 1. The number of hydrogen-bond acceptors (Lipinski definition) is 8. The number of ether oxygens (including phenoxy) is 1. The second kappa shape index (κ2) is 10.7. The molecule has 3 aromatic rings. The first-order valence-corrected chi connectivity index (χ1v) is 13.8. The lowest BCUT2D eigenvalue weighted by molar-refractivity contribution is -0.113. The van der Waals surface area contributed by atoms with Gasteiger partial charge in [-0.3, -0.25) is 9.36 Å². The van der Waals surface area contributed by atoms with E-state index in [9.17, 15) is 9.59 Å². The zero-order chi connectivity index (χ0) is 24.4. The van der Waals surface area contributed by atoms with Crippen molar-refractivity contribution >= 4 is 55.9 Å². The summed E-state index contributed by atoms with van der Waals surface area (Å²) in [5.41, 5.74) is 1.54. The first-order valence-electron chi connectivity index (χ1n) is 11.2. The smallest absolute Gasteiger partial charge is 0.341 e. The van der Waals surface area contributed by atoms with Crippen LogP contribution in [0.4, 0.5) is 5.00 Å². The topological polar surface area (TPSA) is 99.2 Å². The van der Waals surface area contributed by atoms with Crippen LogP contribution in [0.2, 0.25) is 0 Å². The number of carbonyl (C=O) groups excluding carboxylic acids is 2. The summed E-state index contributed by atoms with van der Waals surface area (Å²) in [4.78, 5) is 26.9. The molecule has 0 aliphatic heterocycles. The van der Waals surface area contributed by atoms with Crippen molar-refractivity contribution in [1.29, 1.82) is 0 Å². The number of fused-ring (bicyclic) bond motifs is 1. The van der Waals surface area contributed by atoms with Crippen LogP contribution in [0.15, 0.2) is 26.4 Å². The fraction of sp³-hybridized carbons (Fsp3) is 0.478. The van der Waals surface area contributed by atoms with Crippen LogP contribution >= 0.6 is 39.0 Å².